The van der Waals surface area contributed by atoms with Crippen LogP contribution in [0.1, 0.15) is 15.9 Å². The van der Waals surface area contributed by atoms with E-state index in [2.05, 4.69) is 0 Å². The summed E-state index contributed by atoms with van der Waals surface area (Å²) in [7, 11) is 1.65. The SMILES string of the molecule is COc1ccc(CCOc2cccc(C=O)c2)cc1. The average Bonchev–Trinajstić information content (AvgIpc) is 2.48. The molecule has 19 heavy (non-hydrogen) atoms. The van der Waals surface area contributed by atoms with Gasteiger partial charge in [-0.15, -0.1) is 0 Å². The molecule has 2 rings (SSSR count). The van der Waals surface area contributed by atoms with E-state index in [9.17, 15) is 4.79 Å². The molecule has 0 aliphatic heterocycles. The van der Waals surface area contributed by atoms with Crippen molar-refractivity contribution in [2.45, 2.75) is 6.42 Å². The van der Waals surface area contributed by atoms with Gasteiger partial charge in [0, 0.05) is 12.0 Å². The van der Waals surface area contributed by atoms with E-state index in [1.165, 1.54) is 5.56 Å². The number of hydrogen-bond acceptors (Lipinski definition) is 3. The topological polar surface area (TPSA) is 35.5 Å². The van der Waals surface area contributed by atoms with Crippen LogP contribution in [0.3, 0.4) is 0 Å². The van der Waals surface area contributed by atoms with E-state index in [4.69, 9.17) is 9.47 Å². The summed E-state index contributed by atoms with van der Waals surface area (Å²) < 4.78 is 10.7. The van der Waals surface area contributed by atoms with E-state index in [1.807, 2.05) is 36.4 Å². The maximum Gasteiger partial charge on any atom is 0.150 e. The molecule has 0 N–H and O–H groups in total. The van der Waals surface area contributed by atoms with E-state index in [0.717, 1.165) is 24.2 Å². The number of ether oxygens (including phenoxy) is 2. The molecule has 0 saturated heterocycles. The van der Waals surface area contributed by atoms with E-state index in [-0.39, 0.29) is 0 Å². The van der Waals surface area contributed by atoms with Crippen molar-refractivity contribution in [1.29, 1.82) is 0 Å². The largest absolute Gasteiger partial charge is 0.497 e. The Hall–Kier alpha value is -2.29. The molecule has 0 fully saturated rings. The van der Waals surface area contributed by atoms with Crippen LogP contribution in [0, 0.1) is 0 Å². The van der Waals surface area contributed by atoms with Crippen molar-refractivity contribution >= 4 is 6.29 Å². The molecule has 2 aromatic carbocycles. The molecule has 0 aliphatic carbocycles. The Morgan fingerprint density at radius 3 is 2.53 bits per heavy atom. The highest BCUT2D eigenvalue weighted by molar-refractivity contribution is 5.75. The van der Waals surface area contributed by atoms with Crippen LogP contribution in [-0.2, 0) is 6.42 Å². The molecule has 0 bridgehead atoms. The zero-order valence-corrected chi connectivity index (χ0v) is 10.8. The van der Waals surface area contributed by atoms with E-state index < -0.39 is 0 Å². The number of methoxy groups -OCH3 is 1. The number of aldehydes is 1. The van der Waals surface area contributed by atoms with Gasteiger partial charge in [0.2, 0.25) is 0 Å². The third-order valence-electron chi connectivity index (χ3n) is 2.81. The number of carbonyl (C=O) groups is 1. The highest BCUT2D eigenvalue weighted by Crippen LogP contribution is 2.14. The Kier molecular flexibility index (Phi) is 4.56. The van der Waals surface area contributed by atoms with E-state index in [1.54, 1.807) is 19.2 Å². The second kappa shape index (κ2) is 6.59. The van der Waals surface area contributed by atoms with Gasteiger partial charge in [0.1, 0.15) is 17.8 Å². The van der Waals surface area contributed by atoms with Gasteiger partial charge in [-0.1, -0.05) is 24.3 Å². The molecule has 0 unspecified atom stereocenters. The van der Waals surface area contributed by atoms with Crippen LogP contribution in [0.25, 0.3) is 0 Å². The fourth-order valence-electron chi connectivity index (χ4n) is 1.76. The standard InChI is InChI=1S/C16H16O3/c1-18-15-7-5-13(6-8-15)9-10-19-16-4-2-3-14(11-16)12-17/h2-8,11-12H,9-10H2,1H3. The summed E-state index contributed by atoms with van der Waals surface area (Å²) in [6.07, 6.45) is 1.63. The molecule has 0 saturated carbocycles. The van der Waals surface area contributed by atoms with Gasteiger partial charge in [0.25, 0.3) is 0 Å². The van der Waals surface area contributed by atoms with Gasteiger partial charge in [0.05, 0.1) is 13.7 Å². The molecular weight excluding hydrogens is 240 g/mol. The summed E-state index contributed by atoms with van der Waals surface area (Å²) in [5.41, 5.74) is 1.81. The van der Waals surface area contributed by atoms with E-state index in [0.29, 0.717) is 12.2 Å². The minimum absolute atomic E-state index is 0.578. The summed E-state index contributed by atoms with van der Waals surface area (Å²) >= 11 is 0. The van der Waals surface area contributed by atoms with Gasteiger partial charge in [-0.3, -0.25) is 4.79 Å². The van der Waals surface area contributed by atoms with Gasteiger partial charge in [-0.05, 0) is 29.8 Å². The first kappa shape index (κ1) is 13.1. The zero-order chi connectivity index (χ0) is 13.5. The zero-order valence-electron chi connectivity index (χ0n) is 10.8. The predicted molar refractivity (Wildman–Crippen MR) is 74.0 cm³/mol. The minimum atomic E-state index is 0.578. The molecule has 0 aromatic heterocycles. The number of carbonyl (C=O) groups excluding carboxylic acids is 1. The monoisotopic (exact) mass is 256 g/mol. The lowest BCUT2D eigenvalue weighted by Gasteiger charge is -2.07. The van der Waals surface area contributed by atoms with E-state index >= 15 is 0 Å². The van der Waals surface area contributed by atoms with Crippen molar-refractivity contribution in [1.82, 2.24) is 0 Å². The number of rotatable bonds is 6. The van der Waals surface area contributed by atoms with Crippen LogP contribution in [0.2, 0.25) is 0 Å². The first-order chi connectivity index (χ1) is 9.31. The number of hydrogen-bond donors (Lipinski definition) is 0. The van der Waals surface area contributed by atoms with Gasteiger partial charge in [-0.2, -0.15) is 0 Å². The Labute approximate surface area is 112 Å². The molecule has 3 heteroatoms. The molecule has 98 valence electrons. The lowest BCUT2D eigenvalue weighted by Crippen LogP contribution is -2.01. The van der Waals surface area contributed by atoms with Crippen molar-refractivity contribution in [2.75, 3.05) is 13.7 Å². The molecule has 0 atom stereocenters. The molecule has 0 spiro atoms. The minimum Gasteiger partial charge on any atom is -0.497 e. The maximum atomic E-state index is 10.6. The molecule has 0 amide bonds. The smallest absolute Gasteiger partial charge is 0.150 e. The van der Waals surface area contributed by atoms with Crippen molar-refractivity contribution in [3.63, 3.8) is 0 Å². The summed E-state index contributed by atoms with van der Waals surface area (Å²) in [6, 6.07) is 15.1. The van der Waals surface area contributed by atoms with Gasteiger partial charge < -0.3 is 9.47 Å². The first-order valence-corrected chi connectivity index (χ1v) is 6.13. The molecule has 0 radical (unpaired) electrons. The van der Waals surface area contributed by atoms with Crippen LogP contribution in [0.5, 0.6) is 11.5 Å². The summed E-state index contributed by atoms with van der Waals surface area (Å²) in [6.45, 7) is 0.578. The molecule has 3 nitrogen and oxygen atoms in total. The van der Waals surface area contributed by atoms with Crippen molar-refractivity contribution < 1.29 is 14.3 Å². The molecular formula is C16H16O3. The molecule has 2 aromatic rings. The summed E-state index contributed by atoms with van der Waals surface area (Å²) in [5.74, 6) is 1.57. The van der Waals surface area contributed by atoms with Crippen LogP contribution >= 0.6 is 0 Å². The lowest BCUT2D eigenvalue weighted by molar-refractivity contribution is 0.112. The van der Waals surface area contributed by atoms with Gasteiger partial charge >= 0.3 is 0 Å². The highest BCUT2D eigenvalue weighted by Gasteiger charge is 1.98. The van der Waals surface area contributed by atoms with Gasteiger partial charge in [0.15, 0.2) is 0 Å². The van der Waals surface area contributed by atoms with Crippen LogP contribution in [0.4, 0.5) is 0 Å². The summed E-state index contributed by atoms with van der Waals surface area (Å²) in [5, 5.41) is 0. The summed E-state index contributed by atoms with van der Waals surface area (Å²) in [4.78, 5) is 10.6. The van der Waals surface area contributed by atoms with Crippen molar-refractivity contribution in [3.8, 4) is 11.5 Å². The average molecular weight is 256 g/mol. The molecule has 0 aliphatic rings. The fourth-order valence-corrected chi connectivity index (χ4v) is 1.76. The third-order valence-corrected chi connectivity index (χ3v) is 2.81. The number of benzene rings is 2. The Morgan fingerprint density at radius 2 is 1.84 bits per heavy atom. The quantitative estimate of drug-likeness (QED) is 0.745. The van der Waals surface area contributed by atoms with Crippen LogP contribution in [0.15, 0.2) is 48.5 Å². The lowest BCUT2D eigenvalue weighted by atomic mass is 10.1. The second-order valence-electron chi connectivity index (χ2n) is 4.14. The Morgan fingerprint density at radius 1 is 1.05 bits per heavy atom. The van der Waals surface area contributed by atoms with Crippen molar-refractivity contribution in [3.05, 3.63) is 59.7 Å². The fraction of sp³-hybridized carbons (Fsp3) is 0.188. The van der Waals surface area contributed by atoms with Crippen LogP contribution in [-0.4, -0.2) is 20.0 Å². The Balaban J connectivity index is 1.86. The Bertz CT molecular complexity index is 532. The third kappa shape index (κ3) is 3.85. The normalized spacial score (nSPS) is 9.95. The maximum absolute atomic E-state index is 10.6. The predicted octanol–water partition coefficient (Wildman–Crippen LogP) is 3.13. The van der Waals surface area contributed by atoms with Gasteiger partial charge in [-0.25, -0.2) is 0 Å². The van der Waals surface area contributed by atoms with Crippen LogP contribution < -0.4 is 9.47 Å². The second-order valence-corrected chi connectivity index (χ2v) is 4.14. The first-order valence-electron chi connectivity index (χ1n) is 6.13. The highest BCUT2D eigenvalue weighted by atomic mass is 16.5. The molecule has 0 heterocycles. The van der Waals surface area contributed by atoms with Crippen molar-refractivity contribution in [2.24, 2.45) is 0 Å².